The van der Waals surface area contributed by atoms with Crippen molar-refractivity contribution in [3.8, 4) is 0 Å². The highest BCUT2D eigenvalue weighted by Crippen LogP contribution is 2.16. The molecule has 2 heterocycles. The predicted molar refractivity (Wildman–Crippen MR) is 84.5 cm³/mol. The van der Waals surface area contributed by atoms with Crippen LogP contribution < -0.4 is 0 Å². The van der Waals surface area contributed by atoms with Crippen LogP contribution >= 0.6 is 0 Å². The Kier molecular flexibility index (Phi) is 5.48. The van der Waals surface area contributed by atoms with Gasteiger partial charge in [-0.15, -0.1) is 10.2 Å². The van der Waals surface area contributed by atoms with Gasteiger partial charge in [-0.3, -0.25) is 0 Å². The molecule has 128 valence electrons. The third-order valence-corrected chi connectivity index (χ3v) is 3.35. The van der Waals surface area contributed by atoms with E-state index >= 15 is 0 Å². The van der Waals surface area contributed by atoms with Gasteiger partial charge in [-0.25, -0.2) is 9.36 Å². The number of nitrogens with zero attached hydrogens (tertiary/aromatic N) is 6. The van der Waals surface area contributed by atoms with Gasteiger partial charge >= 0.3 is 0 Å². The van der Waals surface area contributed by atoms with E-state index in [4.69, 9.17) is 9.47 Å². The van der Waals surface area contributed by atoms with Crippen LogP contribution in [0.2, 0.25) is 0 Å². The second-order valence-electron chi connectivity index (χ2n) is 6.58. The quantitative estimate of drug-likeness (QED) is 0.695. The van der Waals surface area contributed by atoms with Crippen LogP contribution in [-0.4, -0.2) is 35.8 Å². The highest BCUT2D eigenvalue weighted by atomic mass is 16.7. The first-order valence-electron chi connectivity index (χ1n) is 7.85. The lowest BCUT2D eigenvalue weighted by atomic mass is 10.2. The highest BCUT2D eigenvalue weighted by Gasteiger charge is 2.20. The molecular formula is C15H26N6O2. The minimum Gasteiger partial charge on any atom is -0.344 e. The molecule has 2 rings (SSSR count). The third kappa shape index (κ3) is 5.11. The summed E-state index contributed by atoms with van der Waals surface area (Å²) >= 11 is 0. The van der Waals surface area contributed by atoms with Crippen LogP contribution in [-0.2, 0) is 22.8 Å². The van der Waals surface area contributed by atoms with Crippen molar-refractivity contribution in [2.45, 2.75) is 72.6 Å². The molecule has 0 amide bonds. The van der Waals surface area contributed by atoms with Crippen molar-refractivity contribution in [1.29, 1.82) is 0 Å². The van der Waals surface area contributed by atoms with Gasteiger partial charge in [0.05, 0.1) is 24.7 Å². The first kappa shape index (κ1) is 17.6. The summed E-state index contributed by atoms with van der Waals surface area (Å²) in [6, 6.07) is 0.281. The van der Waals surface area contributed by atoms with Crippen LogP contribution in [0.15, 0.2) is 12.4 Å². The molecule has 0 aliphatic heterocycles. The van der Waals surface area contributed by atoms with Crippen molar-refractivity contribution in [3.05, 3.63) is 23.8 Å². The minimum absolute atomic E-state index is 0.281. The maximum Gasteiger partial charge on any atom is 0.165 e. The van der Waals surface area contributed by atoms with Gasteiger partial charge in [-0.1, -0.05) is 24.3 Å². The zero-order chi connectivity index (χ0) is 17.0. The Morgan fingerprint density at radius 1 is 1.04 bits per heavy atom. The van der Waals surface area contributed by atoms with Crippen LogP contribution in [0.4, 0.5) is 0 Å². The molecule has 0 saturated carbocycles. The molecule has 0 saturated heterocycles. The van der Waals surface area contributed by atoms with Crippen LogP contribution in [0.1, 0.15) is 64.9 Å². The van der Waals surface area contributed by atoms with Crippen LogP contribution in [0.3, 0.4) is 0 Å². The summed E-state index contributed by atoms with van der Waals surface area (Å²) in [7, 11) is 0. The molecule has 0 aliphatic rings. The van der Waals surface area contributed by atoms with Gasteiger partial charge in [0.2, 0.25) is 0 Å². The average Bonchev–Trinajstić information content (AvgIpc) is 3.12. The van der Waals surface area contributed by atoms with E-state index in [9.17, 15) is 0 Å². The first-order valence-corrected chi connectivity index (χ1v) is 7.85. The Morgan fingerprint density at radius 3 is 2.35 bits per heavy atom. The van der Waals surface area contributed by atoms with E-state index in [-0.39, 0.29) is 12.8 Å². The Hall–Kier alpha value is -1.80. The van der Waals surface area contributed by atoms with Crippen molar-refractivity contribution in [1.82, 2.24) is 30.0 Å². The number of ether oxygens (including phenoxy) is 2. The van der Waals surface area contributed by atoms with Gasteiger partial charge < -0.3 is 9.47 Å². The zero-order valence-electron chi connectivity index (χ0n) is 14.7. The van der Waals surface area contributed by atoms with Crippen molar-refractivity contribution in [3.63, 3.8) is 0 Å². The monoisotopic (exact) mass is 322 g/mol. The molecule has 0 bridgehead atoms. The number of rotatable bonds is 8. The normalized spacial score (nSPS) is 12.5. The molecule has 8 heteroatoms. The van der Waals surface area contributed by atoms with Crippen LogP contribution in [0, 0.1) is 0 Å². The first-order chi connectivity index (χ1) is 10.8. The van der Waals surface area contributed by atoms with Gasteiger partial charge in [-0.05, 0) is 33.6 Å². The van der Waals surface area contributed by atoms with E-state index in [0.717, 1.165) is 11.4 Å². The predicted octanol–water partition coefficient (Wildman–Crippen LogP) is 2.50. The zero-order valence-corrected chi connectivity index (χ0v) is 14.7. The van der Waals surface area contributed by atoms with Gasteiger partial charge in [-0.2, -0.15) is 0 Å². The number of aromatic nitrogens is 6. The Labute approximate surface area is 136 Å². The fourth-order valence-corrected chi connectivity index (χ4v) is 1.78. The summed E-state index contributed by atoms with van der Waals surface area (Å²) in [4.78, 5) is 0. The van der Waals surface area contributed by atoms with Crippen molar-refractivity contribution in [2.75, 3.05) is 0 Å². The molecule has 2 aromatic rings. The largest absolute Gasteiger partial charge is 0.344 e. The lowest BCUT2D eigenvalue weighted by molar-refractivity contribution is -0.239. The topological polar surface area (TPSA) is 79.9 Å². The second-order valence-corrected chi connectivity index (χ2v) is 6.58. The highest BCUT2D eigenvalue weighted by molar-refractivity contribution is 4.97. The molecule has 0 unspecified atom stereocenters. The lowest BCUT2D eigenvalue weighted by Crippen LogP contribution is -2.29. The van der Waals surface area contributed by atoms with Gasteiger partial charge in [0.1, 0.15) is 12.4 Å². The molecule has 0 atom stereocenters. The summed E-state index contributed by atoms with van der Waals surface area (Å²) in [5.41, 5.74) is 1.72. The van der Waals surface area contributed by atoms with Crippen molar-refractivity contribution >= 4 is 0 Å². The summed E-state index contributed by atoms with van der Waals surface area (Å²) in [5.74, 6) is -0.414. The minimum atomic E-state index is -0.758. The van der Waals surface area contributed by atoms with Crippen LogP contribution in [0.25, 0.3) is 0 Å². The molecular weight excluding hydrogens is 296 g/mol. The van der Waals surface area contributed by atoms with E-state index in [0.29, 0.717) is 12.5 Å². The van der Waals surface area contributed by atoms with E-state index in [2.05, 4.69) is 48.3 Å². The molecule has 8 nitrogen and oxygen atoms in total. The maximum atomic E-state index is 5.79. The fourth-order valence-electron chi connectivity index (χ4n) is 1.78. The van der Waals surface area contributed by atoms with E-state index in [1.54, 1.807) is 9.36 Å². The fraction of sp³-hybridized carbons (Fsp3) is 0.733. The van der Waals surface area contributed by atoms with E-state index < -0.39 is 5.79 Å². The van der Waals surface area contributed by atoms with Crippen molar-refractivity contribution in [2.24, 2.45) is 0 Å². The Bertz CT molecular complexity index is 565. The summed E-state index contributed by atoms with van der Waals surface area (Å²) < 4.78 is 15.0. The molecule has 0 aromatic carbocycles. The van der Waals surface area contributed by atoms with Gasteiger partial charge in [0.15, 0.2) is 5.79 Å². The smallest absolute Gasteiger partial charge is 0.165 e. The molecule has 2 aromatic heterocycles. The van der Waals surface area contributed by atoms with E-state index in [1.165, 1.54) is 0 Å². The molecule has 23 heavy (non-hydrogen) atoms. The summed E-state index contributed by atoms with van der Waals surface area (Å²) in [6.45, 7) is 12.6. The number of hydrogen-bond donors (Lipinski definition) is 0. The molecule has 0 fully saturated rings. The summed E-state index contributed by atoms with van der Waals surface area (Å²) in [6.07, 6.45) is 3.77. The van der Waals surface area contributed by atoms with E-state index in [1.807, 2.05) is 26.2 Å². The molecule has 0 N–H and O–H groups in total. The lowest BCUT2D eigenvalue weighted by Gasteiger charge is -2.24. The van der Waals surface area contributed by atoms with Gasteiger partial charge in [0, 0.05) is 6.04 Å². The molecule has 0 radical (unpaired) electrons. The van der Waals surface area contributed by atoms with Crippen LogP contribution in [0.5, 0.6) is 0 Å². The molecule has 0 aliphatic carbocycles. The standard InChI is InChI=1S/C15H26N6O2/c1-11(2)14-8-20(18-17-14)10-23-15(5,6)22-9-13-7-21(12(3)4)19-16-13/h7-8,11-12H,9-10H2,1-6H3. The Morgan fingerprint density at radius 2 is 1.78 bits per heavy atom. The molecule has 0 spiro atoms. The maximum absolute atomic E-state index is 5.79. The summed E-state index contributed by atoms with van der Waals surface area (Å²) in [5, 5.41) is 16.3. The second kappa shape index (κ2) is 7.18. The number of hydrogen-bond acceptors (Lipinski definition) is 6. The average molecular weight is 322 g/mol. The SMILES string of the molecule is CC(C)c1cn(COC(C)(C)OCc2cn(C(C)C)nn2)nn1. The van der Waals surface area contributed by atoms with Gasteiger partial charge in [0.25, 0.3) is 0 Å². The third-order valence-electron chi connectivity index (χ3n) is 3.35. The Balaban J connectivity index is 1.83. The van der Waals surface area contributed by atoms with Crippen molar-refractivity contribution < 1.29 is 9.47 Å².